The van der Waals surface area contributed by atoms with Gasteiger partial charge in [0.1, 0.15) is 0 Å². The Bertz CT molecular complexity index is 457. The van der Waals surface area contributed by atoms with Crippen molar-refractivity contribution in [3.8, 4) is 0 Å². The van der Waals surface area contributed by atoms with E-state index in [1.165, 1.54) is 12.1 Å². The van der Waals surface area contributed by atoms with E-state index in [1.807, 2.05) is 14.0 Å². The molecule has 0 aromatic heterocycles. The van der Waals surface area contributed by atoms with E-state index in [4.69, 9.17) is 0 Å². The molecular formula is C16H23F3N2. The highest BCUT2D eigenvalue weighted by Gasteiger charge is 2.35. The lowest BCUT2D eigenvalue weighted by molar-refractivity contribution is -0.138. The van der Waals surface area contributed by atoms with Gasteiger partial charge in [0.05, 0.1) is 5.56 Å². The Labute approximate surface area is 124 Å². The van der Waals surface area contributed by atoms with Gasteiger partial charge in [-0.3, -0.25) is 4.90 Å². The molecule has 118 valence electrons. The number of hydrogen-bond acceptors (Lipinski definition) is 2. The largest absolute Gasteiger partial charge is 0.416 e. The summed E-state index contributed by atoms with van der Waals surface area (Å²) in [5.74, 6) is 0.518. The van der Waals surface area contributed by atoms with Gasteiger partial charge in [-0.2, -0.15) is 13.2 Å². The molecule has 2 rings (SSSR count). The highest BCUT2D eigenvalue weighted by molar-refractivity contribution is 5.32. The summed E-state index contributed by atoms with van der Waals surface area (Å²) in [4.78, 5) is 2.18. The molecule has 1 aliphatic heterocycles. The normalized spacial score (nSPS) is 22.2. The van der Waals surface area contributed by atoms with Gasteiger partial charge >= 0.3 is 6.18 Å². The molecule has 0 bridgehead atoms. The second kappa shape index (κ2) is 6.79. The zero-order valence-electron chi connectivity index (χ0n) is 12.6. The molecule has 1 N–H and O–H groups in total. The van der Waals surface area contributed by atoms with E-state index in [0.717, 1.165) is 32.5 Å². The van der Waals surface area contributed by atoms with Gasteiger partial charge in [0.2, 0.25) is 0 Å². The molecule has 5 heteroatoms. The Morgan fingerprint density at radius 3 is 2.71 bits per heavy atom. The van der Waals surface area contributed by atoms with Gasteiger partial charge in [0.25, 0.3) is 0 Å². The maximum atomic E-state index is 13.1. The summed E-state index contributed by atoms with van der Waals surface area (Å²) in [6.45, 7) is 4.53. The molecule has 1 aliphatic rings. The molecule has 0 spiro atoms. The van der Waals surface area contributed by atoms with Crippen LogP contribution in [0.1, 0.15) is 36.9 Å². The number of halogens is 3. The van der Waals surface area contributed by atoms with Gasteiger partial charge in [0, 0.05) is 12.6 Å². The van der Waals surface area contributed by atoms with Crippen LogP contribution in [-0.4, -0.2) is 31.6 Å². The molecule has 1 aromatic carbocycles. The summed E-state index contributed by atoms with van der Waals surface area (Å²) >= 11 is 0. The summed E-state index contributed by atoms with van der Waals surface area (Å²) < 4.78 is 39.4. The minimum atomic E-state index is -4.29. The van der Waals surface area contributed by atoms with E-state index in [0.29, 0.717) is 11.5 Å². The first-order chi connectivity index (χ1) is 9.93. The highest BCUT2D eigenvalue weighted by Crippen LogP contribution is 2.37. The van der Waals surface area contributed by atoms with Crippen LogP contribution in [0, 0.1) is 5.92 Å². The van der Waals surface area contributed by atoms with Crippen LogP contribution in [0.15, 0.2) is 24.3 Å². The second-order valence-electron chi connectivity index (χ2n) is 5.82. The third-order valence-corrected chi connectivity index (χ3v) is 4.31. The number of likely N-dealkylation sites (tertiary alicyclic amines) is 1. The fraction of sp³-hybridized carbons (Fsp3) is 0.625. The van der Waals surface area contributed by atoms with Crippen molar-refractivity contribution in [2.75, 3.05) is 26.7 Å². The fourth-order valence-corrected chi connectivity index (χ4v) is 3.22. The van der Waals surface area contributed by atoms with Crippen molar-refractivity contribution in [2.45, 2.75) is 32.0 Å². The van der Waals surface area contributed by atoms with Crippen molar-refractivity contribution in [1.82, 2.24) is 10.2 Å². The molecule has 2 nitrogen and oxygen atoms in total. The fourth-order valence-electron chi connectivity index (χ4n) is 3.22. The number of benzene rings is 1. The van der Waals surface area contributed by atoms with Crippen molar-refractivity contribution in [1.29, 1.82) is 0 Å². The number of nitrogens with zero attached hydrogens (tertiary/aromatic N) is 1. The third-order valence-electron chi connectivity index (χ3n) is 4.31. The summed E-state index contributed by atoms with van der Waals surface area (Å²) in [5.41, 5.74) is -0.122. The van der Waals surface area contributed by atoms with Crippen molar-refractivity contribution in [3.05, 3.63) is 35.4 Å². The number of alkyl halides is 3. The summed E-state index contributed by atoms with van der Waals surface area (Å²) in [6.07, 6.45) is -2.10. The van der Waals surface area contributed by atoms with Crippen LogP contribution in [0.2, 0.25) is 0 Å². The Morgan fingerprint density at radius 1 is 1.33 bits per heavy atom. The van der Waals surface area contributed by atoms with Gasteiger partial charge in [0.15, 0.2) is 0 Å². The van der Waals surface area contributed by atoms with Gasteiger partial charge < -0.3 is 5.32 Å². The molecule has 1 saturated heterocycles. The minimum Gasteiger partial charge on any atom is -0.319 e. The third kappa shape index (κ3) is 3.98. The van der Waals surface area contributed by atoms with Crippen molar-refractivity contribution >= 4 is 0 Å². The smallest absolute Gasteiger partial charge is 0.319 e. The number of piperidine rings is 1. The minimum absolute atomic E-state index is 0.206. The molecule has 1 aromatic rings. The summed E-state index contributed by atoms with van der Waals surface area (Å²) in [5, 5.41) is 3.17. The monoisotopic (exact) mass is 300 g/mol. The first-order valence-corrected chi connectivity index (χ1v) is 7.48. The van der Waals surface area contributed by atoms with E-state index >= 15 is 0 Å². The standard InChI is InChI=1S/C16H23F3N2/c1-12(21-9-5-6-13(11-21)10-20-2)14-7-3-4-8-15(14)16(17,18)19/h3-4,7-8,12-13,20H,5-6,9-11H2,1-2H3. The first-order valence-electron chi connectivity index (χ1n) is 7.48. The molecule has 0 amide bonds. The van der Waals surface area contributed by atoms with E-state index in [1.54, 1.807) is 12.1 Å². The molecular weight excluding hydrogens is 277 g/mol. The average molecular weight is 300 g/mol. The van der Waals surface area contributed by atoms with E-state index in [9.17, 15) is 13.2 Å². The lowest BCUT2D eigenvalue weighted by Crippen LogP contribution is -2.40. The van der Waals surface area contributed by atoms with Crippen LogP contribution in [-0.2, 0) is 6.18 Å². The predicted molar refractivity (Wildman–Crippen MR) is 78.1 cm³/mol. The molecule has 0 saturated carbocycles. The maximum Gasteiger partial charge on any atom is 0.416 e. The second-order valence-corrected chi connectivity index (χ2v) is 5.82. The molecule has 2 unspecified atom stereocenters. The topological polar surface area (TPSA) is 15.3 Å². The first kappa shape index (κ1) is 16.3. The van der Waals surface area contributed by atoms with Crippen LogP contribution < -0.4 is 5.32 Å². The lowest BCUT2D eigenvalue weighted by Gasteiger charge is -2.37. The predicted octanol–water partition coefficient (Wildman–Crippen LogP) is 3.70. The van der Waals surface area contributed by atoms with E-state index in [2.05, 4.69) is 10.2 Å². The molecule has 0 radical (unpaired) electrons. The maximum absolute atomic E-state index is 13.1. The van der Waals surface area contributed by atoms with Crippen LogP contribution in [0.4, 0.5) is 13.2 Å². The number of hydrogen-bond donors (Lipinski definition) is 1. The Kier molecular flexibility index (Phi) is 5.27. The van der Waals surface area contributed by atoms with Crippen LogP contribution in [0.3, 0.4) is 0 Å². The van der Waals surface area contributed by atoms with Crippen LogP contribution in [0.25, 0.3) is 0 Å². The van der Waals surface area contributed by atoms with Crippen LogP contribution >= 0.6 is 0 Å². The number of nitrogens with one attached hydrogen (secondary N) is 1. The van der Waals surface area contributed by atoms with Gasteiger partial charge in [-0.1, -0.05) is 18.2 Å². The van der Waals surface area contributed by atoms with E-state index in [-0.39, 0.29) is 6.04 Å². The number of rotatable bonds is 4. The van der Waals surface area contributed by atoms with Crippen molar-refractivity contribution in [2.24, 2.45) is 5.92 Å². The molecule has 21 heavy (non-hydrogen) atoms. The lowest BCUT2D eigenvalue weighted by atomic mass is 9.93. The molecule has 0 aliphatic carbocycles. The van der Waals surface area contributed by atoms with Gasteiger partial charge in [-0.25, -0.2) is 0 Å². The molecule has 1 fully saturated rings. The SMILES string of the molecule is CNCC1CCCN(C(C)c2ccccc2C(F)(F)F)C1. The van der Waals surface area contributed by atoms with E-state index < -0.39 is 11.7 Å². The highest BCUT2D eigenvalue weighted by atomic mass is 19.4. The van der Waals surface area contributed by atoms with Crippen molar-refractivity contribution in [3.63, 3.8) is 0 Å². The average Bonchev–Trinajstić information content (AvgIpc) is 2.46. The Balaban J connectivity index is 2.18. The van der Waals surface area contributed by atoms with Gasteiger partial charge in [-0.05, 0) is 57.5 Å². The quantitative estimate of drug-likeness (QED) is 0.912. The zero-order valence-corrected chi connectivity index (χ0v) is 12.6. The van der Waals surface area contributed by atoms with Crippen molar-refractivity contribution < 1.29 is 13.2 Å². The van der Waals surface area contributed by atoms with Crippen LogP contribution in [0.5, 0.6) is 0 Å². The summed E-state index contributed by atoms with van der Waals surface area (Å²) in [7, 11) is 1.92. The zero-order chi connectivity index (χ0) is 15.5. The molecule has 1 heterocycles. The Morgan fingerprint density at radius 2 is 2.05 bits per heavy atom. The summed E-state index contributed by atoms with van der Waals surface area (Å²) in [6, 6.07) is 5.73. The van der Waals surface area contributed by atoms with Gasteiger partial charge in [-0.15, -0.1) is 0 Å². The Hall–Kier alpha value is -1.07. The molecule has 2 atom stereocenters.